The first-order valence-electron chi connectivity index (χ1n) is 15.0. The molecule has 2 N–H and O–H groups in total. The molecule has 3 fully saturated rings. The van der Waals surface area contributed by atoms with Crippen LogP contribution in [0.5, 0.6) is 5.88 Å². The molecule has 3 aliphatic carbocycles. The fraction of sp³-hybridized carbons (Fsp3) is 0.562. The summed E-state index contributed by atoms with van der Waals surface area (Å²) in [7, 11) is -3.60. The Morgan fingerprint density at radius 2 is 1.85 bits per heavy atom. The third-order valence-corrected chi connectivity index (χ3v) is 13.8. The zero-order valence-electron chi connectivity index (χ0n) is 24.0. The second-order valence-electron chi connectivity index (χ2n) is 13.6. The quantitative estimate of drug-likeness (QED) is 0.448. The van der Waals surface area contributed by atoms with E-state index in [0.717, 1.165) is 44.1 Å². The van der Waals surface area contributed by atoms with E-state index < -0.39 is 15.4 Å². The lowest BCUT2D eigenvalue weighted by atomic mass is 9.69. The number of nitrogens with zero attached hydrogens (tertiary/aromatic N) is 3. The zero-order valence-corrected chi connectivity index (χ0v) is 24.8. The molecule has 2 bridgehead atoms. The highest BCUT2D eigenvalue weighted by atomic mass is 32.2. The maximum Gasteiger partial charge on any atom is 0.328 e. The predicted octanol–water partition coefficient (Wildman–Crippen LogP) is 4.55. The van der Waals surface area contributed by atoms with Crippen molar-refractivity contribution in [3.8, 4) is 5.88 Å². The highest BCUT2D eigenvalue weighted by molar-refractivity contribution is 7.89. The standard InChI is InChI=1S/C32H40N4O4S/c1-30(2)24-10-12-32(30,27(19-24)36-28(37)26(34-29(36)38)18-22-6-5-15-33-20-22)21-41(39,40)35-16-13-31(14-17-35)11-9-23-7-3-4-8-25(23)31/h3-8,15,20,24,27,37H,9-14,16-19,21H2,1-2H3,(H,34,38)/t24-,27+,32-/m1/s1. The van der Waals surface area contributed by atoms with E-state index in [9.17, 15) is 18.3 Å². The predicted molar refractivity (Wildman–Crippen MR) is 157 cm³/mol. The highest BCUT2D eigenvalue weighted by Crippen LogP contribution is 2.70. The monoisotopic (exact) mass is 576 g/mol. The number of sulfonamides is 1. The van der Waals surface area contributed by atoms with Crippen LogP contribution in [0.25, 0.3) is 0 Å². The topological polar surface area (TPSA) is 108 Å². The Morgan fingerprint density at radius 1 is 1.07 bits per heavy atom. The SMILES string of the molecule is CC1(C)[C@@H]2CC[C@@]1(CS(=O)(=O)N1CCC3(CCc4ccccc43)CC1)[C@@H](n1c(O)c(Cc3cccnc3)[nH]c1=O)C2. The molecule has 7 rings (SSSR count). The van der Waals surface area contributed by atoms with Crippen LogP contribution in [0.3, 0.4) is 0 Å². The summed E-state index contributed by atoms with van der Waals surface area (Å²) in [6.07, 6.45) is 9.99. The van der Waals surface area contributed by atoms with Gasteiger partial charge < -0.3 is 10.1 Å². The van der Waals surface area contributed by atoms with Gasteiger partial charge in [-0.3, -0.25) is 9.55 Å². The smallest absolute Gasteiger partial charge is 0.328 e. The van der Waals surface area contributed by atoms with Gasteiger partial charge in [0.2, 0.25) is 15.9 Å². The van der Waals surface area contributed by atoms with Crippen molar-refractivity contribution in [2.75, 3.05) is 18.8 Å². The van der Waals surface area contributed by atoms with E-state index in [1.165, 1.54) is 15.7 Å². The van der Waals surface area contributed by atoms with E-state index in [1.54, 1.807) is 16.7 Å². The molecule has 3 heterocycles. The summed E-state index contributed by atoms with van der Waals surface area (Å²) in [5.74, 6) is 0.223. The molecule has 1 aliphatic heterocycles. The number of benzene rings is 1. The molecule has 0 radical (unpaired) electrons. The van der Waals surface area contributed by atoms with E-state index in [-0.39, 0.29) is 34.2 Å². The maximum absolute atomic E-state index is 14.2. The van der Waals surface area contributed by atoms with Crippen LogP contribution in [0.4, 0.5) is 0 Å². The molecule has 8 nitrogen and oxygen atoms in total. The Hall–Kier alpha value is -2.91. The number of aromatic hydroxyl groups is 1. The van der Waals surface area contributed by atoms with Gasteiger partial charge in [-0.15, -0.1) is 0 Å². The van der Waals surface area contributed by atoms with Gasteiger partial charge in [-0.1, -0.05) is 44.2 Å². The van der Waals surface area contributed by atoms with Gasteiger partial charge in [0.1, 0.15) is 0 Å². The van der Waals surface area contributed by atoms with E-state index in [0.29, 0.717) is 37.5 Å². The molecule has 218 valence electrons. The number of fused-ring (bicyclic) bond motifs is 4. The number of aromatic amines is 1. The number of H-pyrrole nitrogens is 1. The van der Waals surface area contributed by atoms with Crippen molar-refractivity contribution in [3.63, 3.8) is 0 Å². The average Bonchev–Trinajstić information content (AvgIpc) is 3.59. The van der Waals surface area contributed by atoms with Crippen molar-refractivity contribution in [2.45, 2.75) is 76.7 Å². The summed E-state index contributed by atoms with van der Waals surface area (Å²) >= 11 is 0. The molecular weight excluding hydrogens is 536 g/mol. The van der Waals surface area contributed by atoms with Crippen molar-refractivity contribution in [3.05, 3.63) is 81.7 Å². The van der Waals surface area contributed by atoms with Gasteiger partial charge in [-0.2, -0.15) is 0 Å². The lowest BCUT2D eigenvalue weighted by Crippen LogP contribution is -2.50. The third kappa shape index (κ3) is 3.98. The molecule has 41 heavy (non-hydrogen) atoms. The molecule has 1 saturated heterocycles. The minimum Gasteiger partial charge on any atom is -0.493 e. The Balaban J connectivity index is 1.17. The molecule has 4 aliphatic rings. The van der Waals surface area contributed by atoms with Crippen LogP contribution in [0.1, 0.15) is 80.8 Å². The highest BCUT2D eigenvalue weighted by Gasteiger charge is 2.66. The molecule has 2 aromatic heterocycles. The molecule has 2 saturated carbocycles. The van der Waals surface area contributed by atoms with Crippen LogP contribution in [0.2, 0.25) is 0 Å². The van der Waals surface area contributed by atoms with E-state index in [4.69, 9.17) is 0 Å². The first-order valence-corrected chi connectivity index (χ1v) is 16.6. The first-order chi connectivity index (χ1) is 19.6. The van der Waals surface area contributed by atoms with Crippen LogP contribution in [0, 0.1) is 16.7 Å². The minimum absolute atomic E-state index is 0.00670. The zero-order chi connectivity index (χ0) is 28.6. The van der Waals surface area contributed by atoms with E-state index >= 15 is 0 Å². The molecule has 1 aromatic carbocycles. The maximum atomic E-state index is 14.2. The van der Waals surface area contributed by atoms with Crippen LogP contribution in [0.15, 0.2) is 53.6 Å². The third-order valence-electron chi connectivity index (χ3n) is 11.8. The average molecular weight is 577 g/mol. The van der Waals surface area contributed by atoms with Gasteiger partial charge in [0, 0.05) is 43.4 Å². The van der Waals surface area contributed by atoms with E-state index in [1.807, 2.05) is 12.1 Å². The van der Waals surface area contributed by atoms with Crippen LogP contribution in [-0.4, -0.2) is 51.2 Å². The summed E-state index contributed by atoms with van der Waals surface area (Å²) in [6, 6.07) is 12.0. The Kier molecular flexibility index (Phi) is 6.11. The van der Waals surface area contributed by atoms with Crippen molar-refractivity contribution < 1.29 is 13.5 Å². The number of aromatic nitrogens is 3. The van der Waals surface area contributed by atoms with Gasteiger partial charge in [-0.05, 0) is 84.5 Å². The van der Waals surface area contributed by atoms with Crippen LogP contribution in [-0.2, 0) is 28.3 Å². The Bertz CT molecular complexity index is 1640. The number of rotatable bonds is 6. The summed E-state index contributed by atoms with van der Waals surface area (Å²) in [5.41, 5.74) is 2.95. The number of aryl methyl sites for hydroxylation is 1. The molecule has 3 atom stereocenters. The number of hydrogen-bond donors (Lipinski definition) is 2. The summed E-state index contributed by atoms with van der Waals surface area (Å²) in [5, 5.41) is 11.3. The minimum atomic E-state index is -3.60. The van der Waals surface area contributed by atoms with Gasteiger partial charge in [0.05, 0.1) is 11.4 Å². The lowest BCUT2D eigenvalue weighted by molar-refractivity contribution is 0.102. The number of pyridine rings is 1. The van der Waals surface area contributed by atoms with Gasteiger partial charge in [0.25, 0.3) is 0 Å². The molecule has 3 aromatic rings. The van der Waals surface area contributed by atoms with Crippen molar-refractivity contribution in [1.82, 2.24) is 18.8 Å². The lowest BCUT2D eigenvalue weighted by Gasteiger charge is -2.45. The molecule has 0 unspecified atom stereocenters. The normalized spacial score (nSPS) is 28.3. The number of hydrogen-bond acceptors (Lipinski definition) is 5. The van der Waals surface area contributed by atoms with Gasteiger partial charge >= 0.3 is 5.69 Å². The van der Waals surface area contributed by atoms with Crippen molar-refractivity contribution in [1.29, 1.82) is 0 Å². The summed E-state index contributed by atoms with van der Waals surface area (Å²) in [6.45, 7) is 5.41. The molecule has 0 amide bonds. The Labute approximate surface area is 241 Å². The van der Waals surface area contributed by atoms with Crippen molar-refractivity contribution >= 4 is 10.0 Å². The number of nitrogens with one attached hydrogen (secondary N) is 1. The second-order valence-corrected chi connectivity index (χ2v) is 15.6. The number of piperidine rings is 1. The summed E-state index contributed by atoms with van der Waals surface area (Å²) < 4.78 is 31.6. The number of imidazole rings is 1. The van der Waals surface area contributed by atoms with E-state index in [2.05, 4.69) is 48.1 Å². The molecular formula is C32H40N4O4S. The van der Waals surface area contributed by atoms with Crippen molar-refractivity contribution in [2.24, 2.45) is 16.7 Å². The molecule has 9 heteroatoms. The van der Waals surface area contributed by atoms with Gasteiger partial charge in [0.15, 0.2) is 0 Å². The largest absolute Gasteiger partial charge is 0.493 e. The van der Waals surface area contributed by atoms with Gasteiger partial charge in [-0.25, -0.2) is 17.5 Å². The second kappa shape index (κ2) is 9.30. The summed E-state index contributed by atoms with van der Waals surface area (Å²) in [4.78, 5) is 20.4. The fourth-order valence-electron chi connectivity index (χ4n) is 9.23. The molecule has 1 spiro atoms. The van der Waals surface area contributed by atoms with Crippen LogP contribution >= 0.6 is 0 Å². The first kappa shape index (κ1) is 27.0. The Morgan fingerprint density at radius 3 is 2.59 bits per heavy atom. The fourth-order valence-corrected chi connectivity index (χ4v) is 11.5. The van der Waals surface area contributed by atoms with Crippen LogP contribution < -0.4 is 5.69 Å².